The number of ether oxygens (including phenoxy) is 2. The summed E-state index contributed by atoms with van der Waals surface area (Å²) in [4.78, 5) is 11.6. The standard InChI is InChI=1S/C14H16O3/c1-16-13-5-3-10(4-6-13)11-7-12(15)9-14(8-11)17-2/h3-6,9,11H,7-8H2,1-2H3. The monoisotopic (exact) mass is 232 g/mol. The highest BCUT2D eigenvalue weighted by atomic mass is 16.5. The summed E-state index contributed by atoms with van der Waals surface area (Å²) in [5, 5.41) is 0. The molecule has 1 aliphatic rings. The number of benzene rings is 1. The van der Waals surface area contributed by atoms with Crippen LogP contribution in [0.3, 0.4) is 0 Å². The largest absolute Gasteiger partial charge is 0.501 e. The molecule has 1 aliphatic carbocycles. The van der Waals surface area contributed by atoms with Gasteiger partial charge in [-0.15, -0.1) is 0 Å². The molecule has 3 nitrogen and oxygen atoms in total. The van der Waals surface area contributed by atoms with E-state index in [0.29, 0.717) is 6.42 Å². The van der Waals surface area contributed by atoms with Gasteiger partial charge >= 0.3 is 0 Å². The molecular formula is C14H16O3. The van der Waals surface area contributed by atoms with Crippen molar-refractivity contribution in [2.24, 2.45) is 0 Å². The number of methoxy groups -OCH3 is 2. The van der Waals surface area contributed by atoms with Gasteiger partial charge in [-0.3, -0.25) is 4.79 Å². The Kier molecular flexibility index (Phi) is 3.47. The van der Waals surface area contributed by atoms with Crippen LogP contribution in [0.5, 0.6) is 5.75 Å². The summed E-state index contributed by atoms with van der Waals surface area (Å²) in [7, 11) is 3.25. The first kappa shape index (κ1) is 11.7. The quantitative estimate of drug-likeness (QED) is 0.803. The van der Waals surface area contributed by atoms with E-state index >= 15 is 0 Å². The van der Waals surface area contributed by atoms with Gasteiger partial charge in [0.2, 0.25) is 0 Å². The highest BCUT2D eigenvalue weighted by Gasteiger charge is 2.22. The summed E-state index contributed by atoms with van der Waals surface area (Å²) in [5.74, 6) is 1.95. The molecule has 0 saturated heterocycles. The summed E-state index contributed by atoms with van der Waals surface area (Å²) in [6.45, 7) is 0. The number of allylic oxidation sites excluding steroid dienone is 2. The molecule has 3 heteroatoms. The van der Waals surface area contributed by atoms with Crippen LogP contribution in [0, 0.1) is 0 Å². The van der Waals surface area contributed by atoms with Crippen molar-refractivity contribution >= 4 is 5.78 Å². The molecule has 0 amide bonds. The molecule has 1 aromatic rings. The maximum Gasteiger partial charge on any atom is 0.159 e. The fraction of sp³-hybridized carbons (Fsp3) is 0.357. The molecule has 1 unspecified atom stereocenters. The average molecular weight is 232 g/mol. The molecule has 90 valence electrons. The normalized spacial score (nSPS) is 19.8. The zero-order valence-corrected chi connectivity index (χ0v) is 10.1. The van der Waals surface area contributed by atoms with Crippen LogP contribution in [-0.4, -0.2) is 20.0 Å². The van der Waals surface area contributed by atoms with Crippen LogP contribution in [-0.2, 0) is 9.53 Å². The van der Waals surface area contributed by atoms with Crippen LogP contribution in [0.15, 0.2) is 36.1 Å². The Morgan fingerprint density at radius 3 is 2.35 bits per heavy atom. The summed E-state index contributed by atoms with van der Waals surface area (Å²) in [6, 6.07) is 7.86. The van der Waals surface area contributed by atoms with Gasteiger partial charge in [0.25, 0.3) is 0 Å². The predicted octanol–water partition coefficient (Wildman–Crippen LogP) is 2.67. The van der Waals surface area contributed by atoms with E-state index in [0.717, 1.165) is 23.5 Å². The minimum atomic E-state index is 0.133. The number of carbonyl (C=O) groups excluding carboxylic acids is 1. The molecule has 1 atom stereocenters. The van der Waals surface area contributed by atoms with E-state index in [1.54, 1.807) is 20.3 Å². The van der Waals surface area contributed by atoms with Crippen molar-refractivity contribution in [1.29, 1.82) is 0 Å². The smallest absolute Gasteiger partial charge is 0.159 e. The topological polar surface area (TPSA) is 35.5 Å². The van der Waals surface area contributed by atoms with Gasteiger partial charge in [-0.1, -0.05) is 12.1 Å². The van der Waals surface area contributed by atoms with Crippen LogP contribution in [0.1, 0.15) is 24.3 Å². The van der Waals surface area contributed by atoms with E-state index in [-0.39, 0.29) is 11.7 Å². The second-order valence-corrected chi connectivity index (χ2v) is 4.16. The van der Waals surface area contributed by atoms with E-state index < -0.39 is 0 Å². The second kappa shape index (κ2) is 5.04. The maximum absolute atomic E-state index is 11.6. The predicted molar refractivity (Wildman–Crippen MR) is 65.1 cm³/mol. The van der Waals surface area contributed by atoms with Gasteiger partial charge in [0.1, 0.15) is 5.75 Å². The van der Waals surface area contributed by atoms with Gasteiger partial charge in [-0.05, 0) is 23.6 Å². The van der Waals surface area contributed by atoms with E-state index in [2.05, 4.69) is 0 Å². The van der Waals surface area contributed by atoms with Crippen molar-refractivity contribution in [1.82, 2.24) is 0 Å². The Morgan fingerprint density at radius 2 is 1.76 bits per heavy atom. The van der Waals surface area contributed by atoms with Crippen LogP contribution in [0.4, 0.5) is 0 Å². The molecular weight excluding hydrogens is 216 g/mol. The van der Waals surface area contributed by atoms with Crippen molar-refractivity contribution in [2.75, 3.05) is 14.2 Å². The summed E-state index contributed by atoms with van der Waals surface area (Å²) >= 11 is 0. The van der Waals surface area contributed by atoms with E-state index in [9.17, 15) is 4.79 Å². The van der Waals surface area contributed by atoms with E-state index in [4.69, 9.17) is 9.47 Å². The van der Waals surface area contributed by atoms with Gasteiger partial charge in [0, 0.05) is 18.9 Å². The lowest BCUT2D eigenvalue weighted by molar-refractivity contribution is -0.115. The van der Waals surface area contributed by atoms with E-state index in [1.807, 2.05) is 24.3 Å². The summed E-state index contributed by atoms with van der Waals surface area (Å²) in [5.41, 5.74) is 1.15. The molecule has 2 rings (SSSR count). The van der Waals surface area contributed by atoms with Crippen LogP contribution >= 0.6 is 0 Å². The number of rotatable bonds is 3. The third-order valence-electron chi connectivity index (χ3n) is 3.07. The lowest BCUT2D eigenvalue weighted by atomic mass is 9.86. The Bertz CT molecular complexity index is 431. The highest BCUT2D eigenvalue weighted by molar-refractivity contribution is 5.91. The van der Waals surface area contributed by atoms with Gasteiger partial charge < -0.3 is 9.47 Å². The molecule has 0 spiro atoms. The minimum Gasteiger partial charge on any atom is -0.501 e. The number of carbonyl (C=O) groups is 1. The Balaban J connectivity index is 2.17. The van der Waals surface area contributed by atoms with Crippen molar-refractivity contribution in [3.63, 3.8) is 0 Å². The van der Waals surface area contributed by atoms with Crippen molar-refractivity contribution < 1.29 is 14.3 Å². The Labute approximate surface area is 101 Å². The van der Waals surface area contributed by atoms with Crippen LogP contribution < -0.4 is 4.74 Å². The fourth-order valence-electron chi connectivity index (χ4n) is 2.11. The zero-order chi connectivity index (χ0) is 12.3. The number of ketones is 1. The Hall–Kier alpha value is -1.77. The molecule has 0 radical (unpaired) electrons. The SMILES string of the molecule is COC1=CC(=O)CC(c2ccc(OC)cc2)C1. The van der Waals surface area contributed by atoms with Gasteiger partial charge in [0.05, 0.1) is 20.0 Å². The zero-order valence-electron chi connectivity index (χ0n) is 10.1. The lowest BCUT2D eigenvalue weighted by Crippen LogP contribution is -2.13. The molecule has 0 bridgehead atoms. The first-order chi connectivity index (χ1) is 8.22. The molecule has 0 fully saturated rings. The molecule has 0 aliphatic heterocycles. The van der Waals surface area contributed by atoms with Gasteiger partial charge in [-0.25, -0.2) is 0 Å². The van der Waals surface area contributed by atoms with Crippen molar-refractivity contribution in [2.45, 2.75) is 18.8 Å². The summed E-state index contributed by atoms with van der Waals surface area (Å²) in [6.07, 6.45) is 2.94. The molecule has 0 saturated carbocycles. The van der Waals surface area contributed by atoms with E-state index in [1.165, 1.54) is 0 Å². The first-order valence-electron chi connectivity index (χ1n) is 5.64. The number of hydrogen-bond acceptors (Lipinski definition) is 3. The summed E-state index contributed by atoms with van der Waals surface area (Å²) < 4.78 is 10.3. The van der Waals surface area contributed by atoms with Gasteiger partial charge in [0.15, 0.2) is 5.78 Å². The molecule has 17 heavy (non-hydrogen) atoms. The highest BCUT2D eigenvalue weighted by Crippen LogP contribution is 2.32. The van der Waals surface area contributed by atoms with Crippen molar-refractivity contribution in [3.8, 4) is 5.75 Å². The third kappa shape index (κ3) is 2.67. The molecule has 0 N–H and O–H groups in total. The molecule has 1 aromatic carbocycles. The van der Waals surface area contributed by atoms with Crippen molar-refractivity contribution in [3.05, 3.63) is 41.7 Å². The number of hydrogen-bond donors (Lipinski definition) is 0. The Morgan fingerprint density at radius 1 is 1.06 bits per heavy atom. The average Bonchev–Trinajstić information content (AvgIpc) is 2.38. The second-order valence-electron chi connectivity index (χ2n) is 4.16. The van der Waals surface area contributed by atoms with Crippen LogP contribution in [0.25, 0.3) is 0 Å². The first-order valence-corrected chi connectivity index (χ1v) is 5.64. The molecule has 0 aromatic heterocycles. The fourth-order valence-corrected chi connectivity index (χ4v) is 2.11. The van der Waals surface area contributed by atoms with Gasteiger partial charge in [-0.2, -0.15) is 0 Å². The lowest BCUT2D eigenvalue weighted by Gasteiger charge is -2.21. The maximum atomic E-state index is 11.6. The molecule has 0 heterocycles. The minimum absolute atomic E-state index is 0.133. The third-order valence-corrected chi connectivity index (χ3v) is 3.07. The van der Waals surface area contributed by atoms with Crippen LogP contribution in [0.2, 0.25) is 0 Å².